The third-order valence-corrected chi connectivity index (χ3v) is 3.07. The van der Waals surface area contributed by atoms with Crippen molar-refractivity contribution in [2.45, 2.75) is 18.9 Å². The predicted molar refractivity (Wildman–Crippen MR) is 72.9 cm³/mol. The van der Waals surface area contributed by atoms with E-state index < -0.39 is 0 Å². The molecule has 0 unspecified atom stereocenters. The summed E-state index contributed by atoms with van der Waals surface area (Å²) < 4.78 is 10.4. The average molecular weight is 264 g/mol. The fourth-order valence-electron chi connectivity index (χ4n) is 1.90. The van der Waals surface area contributed by atoms with Crippen molar-refractivity contribution in [3.63, 3.8) is 0 Å². The molecule has 1 fully saturated rings. The molecule has 0 aliphatic heterocycles. The highest BCUT2D eigenvalue weighted by Gasteiger charge is 2.20. The Hall–Kier alpha value is -1.75. The van der Waals surface area contributed by atoms with Gasteiger partial charge in [-0.1, -0.05) is 6.07 Å². The number of carbonyl (C=O) groups is 1. The Labute approximate surface area is 113 Å². The van der Waals surface area contributed by atoms with Gasteiger partial charge < -0.3 is 20.1 Å². The van der Waals surface area contributed by atoms with Gasteiger partial charge in [-0.3, -0.25) is 4.79 Å². The first-order chi connectivity index (χ1) is 9.26. The van der Waals surface area contributed by atoms with Crippen LogP contribution in [0.4, 0.5) is 0 Å². The molecule has 0 aromatic heterocycles. The summed E-state index contributed by atoms with van der Waals surface area (Å²) in [7, 11) is 3.09. The maximum atomic E-state index is 12.1. The van der Waals surface area contributed by atoms with E-state index >= 15 is 0 Å². The number of carbonyl (C=O) groups excluding carboxylic acids is 1. The summed E-state index contributed by atoms with van der Waals surface area (Å²) in [5.41, 5.74) is 0.494. The average Bonchev–Trinajstić information content (AvgIpc) is 3.26. The van der Waals surface area contributed by atoms with Gasteiger partial charge >= 0.3 is 0 Å². The fourth-order valence-corrected chi connectivity index (χ4v) is 1.90. The van der Waals surface area contributed by atoms with Crippen LogP contribution in [-0.4, -0.2) is 39.3 Å². The molecule has 0 atom stereocenters. The van der Waals surface area contributed by atoms with Gasteiger partial charge in [0, 0.05) is 19.1 Å². The number of amides is 1. The minimum absolute atomic E-state index is 0.145. The van der Waals surface area contributed by atoms with Crippen LogP contribution >= 0.6 is 0 Å². The van der Waals surface area contributed by atoms with Gasteiger partial charge in [0.05, 0.1) is 19.8 Å². The van der Waals surface area contributed by atoms with Crippen LogP contribution < -0.4 is 20.1 Å². The smallest absolute Gasteiger partial charge is 0.255 e. The molecule has 0 spiro atoms. The number of hydrogen-bond donors (Lipinski definition) is 2. The van der Waals surface area contributed by atoms with Crippen LogP contribution in [0.1, 0.15) is 23.2 Å². The van der Waals surface area contributed by atoms with Gasteiger partial charge in [0.1, 0.15) is 0 Å². The van der Waals surface area contributed by atoms with Crippen molar-refractivity contribution >= 4 is 5.91 Å². The van der Waals surface area contributed by atoms with Crippen molar-refractivity contribution in [1.29, 1.82) is 0 Å². The second-order valence-electron chi connectivity index (χ2n) is 4.53. The van der Waals surface area contributed by atoms with Crippen LogP contribution in [0, 0.1) is 0 Å². The van der Waals surface area contributed by atoms with Gasteiger partial charge in [0.15, 0.2) is 11.5 Å². The molecule has 1 saturated carbocycles. The Kier molecular flexibility index (Phi) is 4.63. The molecule has 5 heteroatoms. The maximum absolute atomic E-state index is 12.1. The SMILES string of the molecule is COc1cccc(C(=O)NCCNC2CC2)c1OC. The molecule has 0 bridgehead atoms. The normalized spacial score (nSPS) is 14.0. The highest BCUT2D eigenvalue weighted by Crippen LogP contribution is 2.30. The summed E-state index contributed by atoms with van der Waals surface area (Å²) in [5, 5.41) is 6.22. The second-order valence-corrected chi connectivity index (χ2v) is 4.53. The number of ether oxygens (including phenoxy) is 2. The Morgan fingerprint density at radius 3 is 2.68 bits per heavy atom. The first-order valence-corrected chi connectivity index (χ1v) is 6.49. The number of methoxy groups -OCH3 is 2. The molecule has 2 rings (SSSR count). The van der Waals surface area contributed by atoms with Gasteiger partial charge in [-0.05, 0) is 25.0 Å². The number of benzene rings is 1. The third kappa shape index (κ3) is 3.61. The first kappa shape index (κ1) is 13.7. The predicted octanol–water partition coefficient (Wildman–Crippen LogP) is 1.19. The topological polar surface area (TPSA) is 59.6 Å². The van der Waals surface area contributed by atoms with Crippen LogP contribution in [0.15, 0.2) is 18.2 Å². The van der Waals surface area contributed by atoms with E-state index in [-0.39, 0.29) is 5.91 Å². The standard InChI is InChI=1S/C14H20N2O3/c1-18-12-5-3-4-11(13(12)19-2)14(17)16-9-8-15-10-6-7-10/h3-5,10,15H,6-9H2,1-2H3,(H,16,17). The highest BCUT2D eigenvalue weighted by molar-refractivity contribution is 5.97. The molecular formula is C14H20N2O3. The molecule has 1 aromatic rings. The van der Waals surface area contributed by atoms with Gasteiger partial charge in [0.2, 0.25) is 0 Å². The molecule has 1 aromatic carbocycles. The van der Waals surface area contributed by atoms with Crippen LogP contribution in [0.2, 0.25) is 0 Å². The minimum Gasteiger partial charge on any atom is -0.493 e. The zero-order chi connectivity index (χ0) is 13.7. The lowest BCUT2D eigenvalue weighted by Crippen LogP contribution is -2.32. The van der Waals surface area contributed by atoms with E-state index in [0.717, 1.165) is 6.54 Å². The largest absolute Gasteiger partial charge is 0.493 e. The van der Waals surface area contributed by atoms with Crippen LogP contribution in [0.5, 0.6) is 11.5 Å². The summed E-state index contributed by atoms with van der Waals surface area (Å²) in [6, 6.07) is 5.93. The summed E-state index contributed by atoms with van der Waals surface area (Å²) >= 11 is 0. The Balaban J connectivity index is 1.93. The number of rotatable bonds is 7. The highest BCUT2D eigenvalue weighted by atomic mass is 16.5. The lowest BCUT2D eigenvalue weighted by molar-refractivity contribution is 0.0950. The van der Waals surface area contributed by atoms with Gasteiger partial charge in [-0.25, -0.2) is 0 Å². The molecule has 0 heterocycles. The zero-order valence-corrected chi connectivity index (χ0v) is 11.4. The molecular weight excluding hydrogens is 244 g/mol. The van der Waals surface area contributed by atoms with E-state index in [2.05, 4.69) is 10.6 Å². The van der Waals surface area contributed by atoms with Crippen molar-refractivity contribution in [3.8, 4) is 11.5 Å². The van der Waals surface area contributed by atoms with Gasteiger partial charge in [-0.2, -0.15) is 0 Å². The van der Waals surface area contributed by atoms with Crippen molar-refractivity contribution in [2.75, 3.05) is 27.3 Å². The number of para-hydroxylation sites is 1. The quantitative estimate of drug-likeness (QED) is 0.726. The van der Waals surface area contributed by atoms with E-state index in [1.54, 1.807) is 25.3 Å². The lowest BCUT2D eigenvalue weighted by Gasteiger charge is -2.12. The van der Waals surface area contributed by atoms with E-state index in [1.165, 1.54) is 20.0 Å². The fraction of sp³-hybridized carbons (Fsp3) is 0.500. The molecule has 2 N–H and O–H groups in total. The number of hydrogen-bond acceptors (Lipinski definition) is 4. The van der Waals surface area contributed by atoms with Crippen molar-refractivity contribution in [3.05, 3.63) is 23.8 Å². The van der Waals surface area contributed by atoms with E-state index in [0.29, 0.717) is 29.6 Å². The Morgan fingerprint density at radius 2 is 2.05 bits per heavy atom. The molecule has 5 nitrogen and oxygen atoms in total. The molecule has 104 valence electrons. The van der Waals surface area contributed by atoms with Crippen molar-refractivity contribution < 1.29 is 14.3 Å². The Morgan fingerprint density at radius 1 is 1.26 bits per heavy atom. The molecule has 1 aliphatic carbocycles. The van der Waals surface area contributed by atoms with Crippen molar-refractivity contribution in [1.82, 2.24) is 10.6 Å². The summed E-state index contributed by atoms with van der Waals surface area (Å²) in [4.78, 5) is 12.1. The molecule has 0 saturated heterocycles. The van der Waals surface area contributed by atoms with E-state index in [1.807, 2.05) is 0 Å². The summed E-state index contributed by atoms with van der Waals surface area (Å²) in [6.07, 6.45) is 2.50. The molecule has 1 amide bonds. The first-order valence-electron chi connectivity index (χ1n) is 6.49. The maximum Gasteiger partial charge on any atom is 0.255 e. The molecule has 1 aliphatic rings. The summed E-state index contributed by atoms with van der Waals surface area (Å²) in [6.45, 7) is 1.40. The van der Waals surface area contributed by atoms with E-state index in [4.69, 9.17) is 9.47 Å². The second kappa shape index (κ2) is 6.43. The third-order valence-electron chi connectivity index (χ3n) is 3.07. The molecule has 0 radical (unpaired) electrons. The lowest BCUT2D eigenvalue weighted by atomic mass is 10.1. The minimum atomic E-state index is -0.145. The monoisotopic (exact) mass is 264 g/mol. The zero-order valence-electron chi connectivity index (χ0n) is 11.4. The van der Waals surface area contributed by atoms with Crippen molar-refractivity contribution in [2.24, 2.45) is 0 Å². The molecule has 19 heavy (non-hydrogen) atoms. The van der Waals surface area contributed by atoms with Gasteiger partial charge in [0.25, 0.3) is 5.91 Å². The van der Waals surface area contributed by atoms with Crippen LogP contribution in [0.25, 0.3) is 0 Å². The number of nitrogens with one attached hydrogen (secondary N) is 2. The van der Waals surface area contributed by atoms with Crippen LogP contribution in [0.3, 0.4) is 0 Å². The van der Waals surface area contributed by atoms with E-state index in [9.17, 15) is 4.79 Å². The Bertz CT molecular complexity index is 444. The summed E-state index contributed by atoms with van der Waals surface area (Å²) in [5.74, 6) is 0.886. The van der Waals surface area contributed by atoms with Crippen LogP contribution in [-0.2, 0) is 0 Å². The van der Waals surface area contributed by atoms with Gasteiger partial charge in [-0.15, -0.1) is 0 Å².